The second-order valence-corrected chi connectivity index (χ2v) is 9.22. The number of fused-ring (bicyclic) bond motifs is 3. The molecular weight excluding hydrogens is 432 g/mol. The van der Waals surface area contributed by atoms with E-state index in [0.29, 0.717) is 18.9 Å². The van der Waals surface area contributed by atoms with Crippen LogP contribution in [0.2, 0.25) is 0 Å². The number of unbranched alkanes of at least 4 members (excludes halogenated alkanes) is 1. The van der Waals surface area contributed by atoms with E-state index in [2.05, 4.69) is 29.6 Å². The third kappa shape index (κ3) is 5.58. The number of nitrogens with zero attached hydrogens (tertiary/aromatic N) is 1. The van der Waals surface area contributed by atoms with Crippen molar-refractivity contribution in [2.45, 2.75) is 51.0 Å². The highest BCUT2D eigenvalue weighted by Crippen LogP contribution is 2.44. The summed E-state index contributed by atoms with van der Waals surface area (Å²) in [6, 6.07) is 15.4. The zero-order chi connectivity index (χ0) is 24.1. The highest BCUT2D eigenvalue weighted by molar-refractivity contribution is 5.88. The smallest absolute Gasteiger partial charge is 0.407 e. The standard InChI is InChI=1S/C27H32N2O5/c1-2-3-12-24(26(32)29(16-25(30)31)15-18-13-14-18)28-27(33)34-17-23-21-10-6-4-8-19(21)20-9-5-7-11-22(20)23/h4-11,18,23-24H,2-3,12-17H2,1H3,(H,28,33)(H,30,31). The number of carbonyl (C=O) groups is 3. The number of benzene rings is 2. The van der Waals surface area contributed by atoms with Gasteiger partial charge in [0, 0.05) is 12.5 Å². The van der Waals surface area contributed by atoms with Gasteiger partial charge in [0.05, 0.1) is 0 Å². The number of aliphatic carboxylic acids is 1. The molecule has 0 saturated heterocycles. The maximum Gasteiger partial charge on any atom is 0.407 e. The van der Waals surface area contributed by atoms with E-state index in [9.17, 15) is 19.5 Å². The van der Waals surface area contributed by atoms with Gasteiger partial charge in [0.25, 0.3) is 0 Å². The molecule has 4 rings (SSSR count). The third-order valence-electron chi connectivity index (χ3n) is 6.59. The average molecular weight is 465 g/mol. The number of alkyl carbamates (subject to hydrolysis) is 1. The van der Waals surface area contributed by atoms with Crippen LogP contribution >= 0.6 is 0 Å². The monoisotopic (exact) mass is 464 g/mol. The van der Waals surface area contributed by atoms with Crippen molar-refractivity contribution in [2.24, 2.45) is 5.92 Å². The molecule has 0 aliphatic heterocycles. The maximum absolute atomic E-state index is 13.2. The fourth-order valence-corrected chi connectivity index (χ4v) is 4.68. The molecule has 2 amide bonds. The molecule has 0 radical (unpaired) electrons. The Hall–Kier alpha value is -3.35. The van der Waals surface area contributed by atoms with E-state index in [-0.39, 0.29) is 25.0 Å². The molecule has 0 spiro atoms. The Morgan fingerprint density at radius 2 is 1.68 bits per heavy atom. The fraction of sp³-hybridized carbons (Fsp3) is 0.444. The minimum Gasteiger partial charge on any atom is -0.480 e. The van der Waals surface area contributed by atoms with Crippen molar-refractivity contribution in [1.82, 2.24) is 10.2 Å². The summed E-state index contributed by atoms with van der Waals surface area (Å²) < 4.78 is 5.62. The van der Waals surface area contributed by atoms with Crippen LogP contribution < -0.4 is 5.32 Å². The van der Waals surface area contributed by atoms with Gasteiger partial charge in [-0.2, -0.15) is 0 Å². The van der Waals surface area contributed by atoms with Crippen molar-refractivity contribution in [1.29, 1.82) is 0 Å². The van der Waals surface area contributed by atoms with Gasteiger partial charge in [-0.15, -0.1) is 0 Å². The number of carboxylic acids is 1. The lowest BCUT2D eigenvalue weighted by atomic mass is 9.98. The van der Waals surface area contributed by atoms with Gasteiger partial charge in [0.1, 0.15) is 19.2 Å². The maximum atomic E-state index is 13.2. The molecule has 34 heavy (non-hydrogen) atoms. The first-order valence-corrected chi connectivity index (χ1v) is 12.1. The number of hydrogen-bond donors (Lipinski definition) is 2. The van der Waals surface area contributed by atoms with E-state index in [1.807, 2.05) is 31.2 Å². The van der Waals surface area contributed by atoms with Gasteiger partial charge < -0.3 is 20.1 Å². The summed E-state index contributed by atoms with van der Waals surface area (Å²) in [5, 5.41) is 12.0. The molecule has 7 nitrogen and oxygen atoms in total. The van der Waals surface area contributed by atoms with Gasteiger partial charge in [-0.3, -0.25) is 9.59 Å². The van der Waals surface area contributed by atoms with Crippen LogP contribution in [0.3, 0.4) is 0 Å². The van der Waals surface area contributed by atoms with Crippen molar-refractivity contribution in [3.63, 3.8) is 0 Å². The lowest BCUT2D eigenvalue weighted by Gasteiger charge is -2.27. The average Bonchev–Trinajstić information content (AvgIpc) is 3.59. The van der Waals surface area contributed by atoms with Crippen molar-refractivity contribution in [3.05, 3.63) is 59.7 Å². The van der Waals surface area contributed by atoms with Gasteiger partial charge >= 0.3 is 12.1 Å². The van der Waals surface area contributed by atoms with Crippen LogP contribution in [-0.2, 0) is 14.3 Å². The van der Waals surface area contributed by atoms with Crippen LogP contribution in [0.5, 0.6) is 0 Å². The Labute approximate surface area is 200 Å². The molecule has 180 valence electrons. The van der Waals surface area contributed by atoms with Crippen molar-refractivity contribution >= 4 is 18.0 Å². The molecular formula is C27H32N2O5. The summed E-state index contributed by atoms with van der Waals surface area (Å²) in [6.45, 7) is 2.23. The van der Waals surface area contributed by atoms with Crippen LogP contribution in [0.4, 0.5) is 4.79 Å². The number of amides is 2. The highest BCUT2D eigenvalue weighted by Gasteiger charge is 2.33. The summed E-state index contributed by atoms with van der Waals surface area (Å²) >= 11 is 0. The van der Waals surface area contributed by atoms with Crippen LogP contribution in [-0.4, -0.2) is 53.7 Å². The summed E-state index contributed by atoms with van der Waals surface area (Å²) in [6.07, 6.45) is 3.40. The normalized spacial score (nSPS) is 15.2. The van der Waals surface area contributed by atoms with Crippen molar-refractivity contribution in [3.8, 4) is 11.1 Å². The number of hydrogen-bond acceptors (Lipinski definition) is 4. The molecule has 0 aromatic heterocycles. The van der Waals surface area contributed by atoms with Crippen molar-refractivity contribution in [2.75, 3.05) is 19.7 Å². The van der Waals surface area contributed by atoms with E-state index >= 15 is 0 Å². The molecule has 2 aliphatic carbocycles. The van der Waals surface area contributed by atoms with E-state index < -0.39 is 18.1 Å². The Kier molecular flexibility index (Phi) is 7.50. The molecule has 2 N–H and O–H groups in total. The van der Waals surface area contributed by atoms with E-state index in [0.717, 1.165) is 47.9 Å². The first-order chi connectivity index (χ1) is 16.5. The Morgan fingerprint density at radius 3 is 2.24 bits per heavy atom. The third-order valence-corrected chi connectivity index (χ3v) is 6.59. The number of carboxylic acid groups (broad SMARTS) is 1. The molecule has 2 aromatic rings. The van der Waals surface area contributed by atoms with Gasteiger partial charge in [-0.25, -0.2) is 4.79 Å². The van der Waals surface area contributed by atoms with Crippen molar-refractivity contribution < 1.29 is 24.2 Å². The van der Waals surface area contributed by atoms with Gasteiger partial charge in [0.2, 0.25) is 5.91 Å². The highest BCUT2D eigenvalue weighted by atomic mass is 16.5. The first kappa shape index (κ1) is 23.8. The quantitative estimate of drug-likeness (QED) is 0.514. The summed E-state index contributed by atoms with van der Waals surface area (Å²) in [5.41, 5.74) is 4.53. The number of rotatable bonds is 11. The molecule has 7 heteroatoms. The summed E-state index contributed by atoms with van der Waals surface area (Å²) in [7, 11) is 0. The summed E-state index contributed by atoms with van der Waals surface area (Å²) in [5.74, 6) is -1.12. The fourth-order valence-electron chi connectivity index (χ4n) is 4.68. The lowest BCUT2D eigenvalue weighted by molar-refractivity contribution is -0.145. The number of nitrogens with one attached hydrogen (secondary N) is 1. The topological polar surface area (TPSA) is 95.9 Å². The minimum absolute atomic E-state index is 0.0682. The summed E-state index contributed by atoms with van der Waals surface area (Å²) in [4.78, 5) is 38.6. The van der Waals surface area contributed by atoms with Crippen LogP contribution in [0.15, 0.2) is 48.5 Å². The minimum atomic E-state index is -1.05. The first-order valence-electron chi connectivity index (χ1n) is 12.1. The molecule has 1 atom stereocenters. The number of ether oxygens (including phenoxy) is 1. The Balaban J connectivity index is 1.42. The Bertz CT molecular complexity index is 1000. The molecule has 1 saturated carbocycles. The molecule has 2 aliphatic rings. The molecule has 0 heterocycles. The van der Waals surface area contributed by atoms with E-state index in [4.69, 9.17) is 4.74 Å². The SMILES string of the molecule is CCCCC(NC(=O)OCC1c2ccccc2-c2ccccc21)C(=O)N(CC(=O)O)CC1CC1. The zero-order valence-corrected chi connectivity index (χ0v) is 19.5. The molecule has 1 unspecified atom stereocenters. The van der Waals surface area contributed by atoms with Gasteiger partial charge in [-0.05, 0) is 47.4 Å². The van der Waals surface area contributed by atoms with Crippen LogP contribution in [0.25, 0.3) is 11.1 Å². The molecule has 0 bridgehead atoms. The second kappa shape index (κ2) is 10.7. The predicted octanol–water partition coefficient (Wildman–Crippen LogP) is 4.41. The lowest BCUT2D eigenvalue weighted by Crippen LogP contribution is -2.50. The van der Waals surface area contributed by atoms with Crippen LogP contribution in [0.1, 0.15) is 56.1 Å². The van der Waals surface area contributed by atoms with E-state index in [1.165, 1.54) is 4.90 Å². The van der Waals surface area contributed by atoms with Gasteiger partial charge in [-0.1, -0.05) is 68.3 Å². The number of carbonyl (C=O) groups excluding carboxylic acids is 2. The molecule has 1 fully saturated rings. The Morgan fingerprint density at radius 1 is 1.06 bits per heavy atom. The van der Waals surface area contributed by atoms with Gasteiger partial charge in [0.15, 0.2) is 0 Å². The van der Waals surface area contributed by atoms with E-state index in [1.54, 1.807) is 0 Å². The largest absolute Gasteiger partial charge is 0.480 e. The molecule has 2 aromatic carbocycles. The predicted molar refractivity (Wildman–Crippen MR) is 128 cm³/mol. The second-order valence-electron chi connectivity index (χ2n) is 9.22. The van der Waals surface area contributed by atoms with Crippen LogP contribution in [0, 0.1) is 5.92 Å². The zero-order valence-electron chi connectivity index (χ0n) is 19.5.